The van der Waals surface area contributed by atoms with E-state index >= 15 is 0 Å². The number of carbonyl (C=O) groups excluding carboxylic acids is 1. The summed E-state index contributed by atoms with van der Waals surface area (Å²) in [5, 5.41) is 2.93. The topological polar surface area (TPSA) is 48.1 Å². The van der Waals surface area contributed by atoms with E-state index in [4.69, 9.17) is 4.74 Å². The minimum absolute atomic E-state index is 0.119. The first kappa shape index (κ1) is 21.0. The molecule has 2 aromatic rings. The highest BCUT2D eigenvalue weighted by Crippen LogP contribution is 2.25. The van der Waals surface area contributed by atoms with Crippen LogP contribution >= 0.6 is 0 Å². The molecule has 0 saturated carbocycles. The zero-order valence-electron chi connectivity index (χ0n) is 17.7. The molecule has 0 aliphatic carbocycles. The standard InChI is InChI=1S/C23H32N4O2/c1-4-29-23(28)24-18-22(19-10-12-20(13-11-19)25(2)3)27-16-14-26(15-17-27)21-8-6-5-7-9-21/h5-13,22H,4,14-18H2,1-3H3,(H,24,28)/t22-/m0/s1. The molecule has 1 atom stereocenters. The number of carbonyl (C=O) groups is 1. The Balaban J connectivity index is 1.70. The third kappa shape index (κ3) is 5.64. The Morgan fingerprint density at radius 1 is 1.03 bits per heavy atom. The minimum atomic E-state index is -0.356. The van der Waals surface area contributed by atoms with Crippen LogP contribution in [0.25, 0.3) is 0 Å². The lowest BCUT2D eigenvalue weighted by Gasteiger charge is -2.40. The van der Waals surface area contributed by atoms with Crippen molar-refractivity contribution in [1.29, 1.82) is 0 Å². The highest BCUT2D eigenvalue weighted by Gasteiger charge is 2.26. The average molecular weight is 397 g/mol. The minimum Gasteiger partial charge on any atom is -0.450 e. The molecule has 6 nitrogen and oxygen atoms in total. The second-order valence-corrected chi connectivity index (χ2v) is 7.46. The van der Waals surface area contributed by atoms with Gasteiger partial charge in [-0.15, -0.1) is 0 Å². The normalized spacial score (nSPS) is 15.6. The first-order valence-corrected chi connectivity index (χ1v) is 10.3. The molecule has 1 N–H and O–H groups in total. The smallest absolute Gasteiger partial charge is 0.407 e. The number of hydrogen-bond acceptors (Lipinski definition) is 5. The van der Waals surface area contributed by atoms with Crippen molar-refractivity contribution in [3.05, 3.63) is 60.2 Å². The van der Waals surface area contributed by atoms with Crippen molar-refractivity contribution in [1.82, 2.24) is 10.2 Å². The van der Waals surface area contributed by atoms with Crippen LogP contribution in [0.5, 0.6) is 0 Å². The summed E-state index contributed by atoms with van der Waals surface area (Å²) in [5.74, 6) is 0. The summed E-state index contributed by atoms with van der Waals surface area (Å²) < 4.78 is 5.06. The van der Waals surface area contributed by atoms with Gasteiger partial charge >= 0.3 is 6.09 Å². The molecule has 3 rings (SSSR count). The molecule has 1 saturated heterocycles. The van der Waals surface area contributed by atoms with E-state index in [0.29, 0.717) is 13.2 Å². The molecule has 29 heavy (non-hydrogen) atoms. The predicted octanol–water partition coefficient (Wildman–Crippen LogP) is 3.36. The fraction of sp³-hybridized carbons (Fsp3) is 0.435. The van der Waals surface area contributed by atoms with Crippen LogP contribution in [0, 0.1) is 0 Å². The van der Waals surface area contributed by atoms with Gasteiger partial charge in [0.25, 0.3) is 0 Å². The SMILES string of the molecule is CCOC(=O)NC[C@@H](c1ccc(N(C)C)cc1)N1CCN(c2ccccc2)CC1. The molecule has 0 radical (unpaired) electrons. The molecule has 1 aliphatic rings. The zero-order valence-corrected chi connectivity index (χ0v) is 17.7. The Morgan fingerprint density at radius 3 is 2.28 bits per heavy atom. The van der Waals surface area contributed by atoms with E-state index < -0.39 is 0 Å². The van der Waals surface area contributed by atoms with Gasteiger partial charge in [0.05, 0.1) is 12.6 Å². The van der Waals surface area contributed by atoms with Crippen molar-refractivity contribution in [3.8, 4) is 0 Å². The van der Waals surface area contributed by atoms with Gasteiger partial charge in [-0.25, -0.2) is 4.79 Å². The largest absolute Gasteiger partial charge is 0.450 e. The lowest BCUT2D eigenvalue weighted by atomic mass is 10.0. The first-order chi connectivity index (χ1) is 14.1. The number of amides is 1. The molecule has 1 aliphatic heterocycles. The number of hydrogen-bond donors (Lipinski definition) is 1. The molecule has 0 aromatic heterocycles. The van der Waals surface area contributed by atoms with Gasteiger partial charge in [-0.2, -0.15) is 0 Å². The van der Waals surface area contributed by atoms with Crippen molar-refractivity contribution in [3.63, 3.8) is 0 Å². The summed E-state index contributed by atoms with van der Waals surface area (Å²) in [6.07, 6.45) is -0.356. The number of piperazine rings is 1. The average Bonchev–Trinajstić information content (AvgIpc) is 2.75. The highest BCUT2D eigenvalue weighted by atomic mass is 16.5. The highest BCUT2D eigenvalue weighted by molar-refractivity contribution is 5.67. The molecule has 0 spiro atoms. The Hall–Kier alpha value is -2.73. The van der Waals surface area contributed by atoms with Crippen molar-refractivity contribution in [2.24, 2.45) is 0 Å². The van der Waals surface area contributed by atoms with E-state index in [2.05, 4.69) is 68.5 Å². The van der Waals surface area contributed by atoms with Crippen LogP contribution in [0.2, 0.25) is 0 Å². The van der Waals surface area contributed by atoms with Crippen molar-refractivity contribution in [2.75, 3.05) is 63.2 Å². The maximum atomic E-state index is 11.9. The lowest BCUT2D eigenvalue weighted by molar-refractivity contribution is 0.140. The van der Waals surface area contributed by atoms with Crippen LogP contribution in [0.4, 0.5) is 16.2 Å². The Labute approximate surface area is 174 Å². The number of nitrogens with zero attached hydrogens (tertiary/aromatic N) is 3. The Bertz CT molecular complexity index is 756. The van der Waals surface area contributed by atoms with Crippen LogP contribution in [-0.4, -0.2) is 64.4 Å². The molecule has 2 aromatic carbocycles. The lowest BCUT2D eigenvalue weighted by Crippen LogP contribution is -2.50. The fourth-order valence-corrected chi connectivity index (χ4v) is 3.75. The molecule has 156 valence electrons. The third-order valence-electron chi connectivity index (χ3n) is 5.39. The number of anilines is 2. The maximum absolute atomic E-state index is 11.9. The van der Waals surface area contributed by atoms with E-state index in [1.165, 1.54) is 16.9 Å². The fourth-order valence-electron chi connectivity index (χ4n) is 3.75. The van der Waals surface area contributed by atoms with Crippen molar-refractivity contribution < 1.29 is 9.53 Å². The summed E-state index contributed by atoms with van der Waals surface area (Å²) in [7, 11) is 4.08. The van der Waals surface area contributed by atoms with E-state index in [1.54, 1.807) is 0 Å². The number of benzene rings is 2. The predicted molar refractivity (Wildman–Crippen MR) is 119 cm³/mol. The quantitative estimate of drug-likeness (QED) is 0.778. The van der Waals surface area contributed by atoms with Crippen LogP contribution in [0.1, 0.15) is 18.5 Å². The van der Waals surface area contributed by atoms with E-state index in [-0.39, 0.29) is 12.1 Å². The molecule has 1 amide bonds. The molecule has 1 fully saturated rings. The summed E-state index contributed by atoms with van der Waals surface area (Å²) >= 11 is 0. The second kappa shape index (κ2) is 10.2. The third-order valence-corrected chi connectivity index (χ3v) is 5.39. The zero-order chi connectivity index (χ0) is 20.6. The molecule has 0 bridgehead atoms. The van der Waals surface area contributed by atoms with Crippen LogP contribution in [-0.2, 0) is 4.74 Å². The molecule has 1 heterocycles. The van der Waals surface area contributed by atoms with Crippen LogP contribution < -0.4 is 15.1 Å². The molecular formula is C23H32N4O2. The summed E-state index contributed by atoms with van der Waals surface area (Å²) in [5.41, 5.74) is 3.64. The molecule has 0 unspecified atom stereocenters. The number of alkyl carbamates (subject to hydrolysis) is 1. The monoisotopic (exact) mass is 396 g/mol. The van der Waals surface area contributed by atoms with Gasteiger partial charge in [0, 0.05) is 58.2 Å². The molecule has 6 heteroatoms. The van der Waals surface area contributed by atoms with Crippen LogP contribution in [0.3, 0.4) is 0 Å². The summed E-state index contributed by atoms with van der Waals surface area (Å²) in [6.45, 7) is 6.56. The number of para-hydroxylation sites is 1. The van der Waals surface area contributed by atoms with Gasteiger partial charge in [-0.1, -0.05) is 30.3 Å². The first-order valence-electron chi connectivity index (χ1n) is 10.3. The van der Waals surface area contributed by atoms with Gasteiger partial charge in [0.15, 0.2) is 0 Å². The van der Waals surface area contributed by atoms with E-state index in [0.717, 1.165) is 26.2 Å². The number of nitrogens with one attached hydrogen (secondary N) is 1. The van der Waals surface area contributed by atoms with Gasteiger partial charge < -0.3 is 19.9 Å². The number of rotatable bonds is 7. The summed E-state index contributed by atoms with van der Waals surface area (Å²) in [4.78, 5) is 18.8. The molecular weight excluding hydrogens is 364 g/mol. The van der Waals surface area contributed by atoms with E-state index in [9.17, 15) is 4.79 Å². The Morgan fingerprint density at radius 2 is 1.69 bits per heavy atom. The van der Waals surface area contributed by atoms with Gasteiger partial charge in [-0.05, 0) is 36.8 Å². The van der Waals surface area contributed by atoms with E-state index in [1.807, 2.05) is 27.1 Å². The summed E-state index contributed by atoms with van der Waals surface area (Å²) in [6, 6.07) is 19.2. The van der Waals surface area contributed by atoms with Gasteiger partial charge in [0.1, 0.15) is 0 Å². The Kier molecular flexibility index (Phi) is 7.36. The van der Waals surface area contributed by atoms with Crippen LogP contribution in [0.15, 0.2) is 54.6 Å². The van der Waals surface area contributed by atoms with Crippen molar-refractivity contribution in [2.45, 2.75) is 13.0 Å². The van der Waals surface area contributed by atoms with Crippen molar-refractivity contribution >= 4 is 17.5 Å². The van der Waals surface area contributed by atoms with Gasteiger partial charge in [-0.3, -0.25) is 4.90 Å². The maximum Gasteiger partial charge on any atom is 0.407 e. The second-order valence-electron chi connectivity index (χ2n) is 7.46. The number of ether oxygens (including phenoxy) is 1. The van der Waals surface area contributed by atoms with Gasteiger partial charge in [0.2, 0.25) is 0 Å².